The quantitative estimate of drug-likeness (QED) is 0.0144. The van der Waals surface area contributed by atoms with Gasteiger partial charge in [0.15, 0.2) is 18.4 Å². The molecule has 24 nitrogen and oxygen atoms in total. The third-order valence-corrected chi connectivity index (χ3v) is 13.9. The Labute approximate surface area is 531 Å². The molecule has 3 atom stereocenters. The van der Waals surface area contributed by atoms with E-state index in [0.717, 1.165) is 103 Å². The van der Waals surface area contributed by atoms with Gasteiger partial charge in [0.05, 0.1) is 0 Å². The standard InChI is InChI=1S/C65H116N4O20/c1-5-9-46-67-87-63(77)43-31-22-13-18-27-38-58(72)81-50-53(84-60(74)40-28-19-14-21-30-42-62(76)86-55(66)35-8-4)49-80-56(70)36-25-16-12-17-26-37-57(71)82-51-54(52-83-59(73)39-33-24-34-45-65(79)89-69-48-11-7-3)85-61(75)41-29-20-15-23-32-44-64(78)88-68-47-10-6-2/h53-55,67-69H,5-52,66H2,1-4H3. The van der Waals surface area contributed by atoms with Gasteiger partial charge in [-0.3, -0.25) is 53.7 Å². The van der Waals surface area contributed by atoms with Crippen molar-refractivity contribution in [1.82, 2.24) is 16.4 Å². The summed E-state index contributed by atoms with van der Waals surface area (Å²) in [6.45, 7) is 8.73. The molecule has 89 heavy (non-hydrogen) atoms. The molecule has 516 valence electrons. The molecule has 0 aliphatic rings. The zero-order valence-corrected chi connectivity index (χ0v) is 54.9. The second-order valence-corrected chi connectivity index (χ2v) is 22.6. The van der Waals surface area contributed by atoms with Crippen LogP contribution < -0.4 is 22.2 Å². The minimum Gasteiger partial charge on any atom is -0.462 e. The minimum atomic E-state index is -1.02. The Morgan fingerprint density at radius 3 is 0.730 bits per heavy atom. The van der Waals surface area contributed by atoms with Crippen LogP contribution in [0.4, 0.5) is 0 Å². The second kappa shape index (κ2) is 61.4. The van der Waals surface area contributed by atoms with Crippen LogP contribution in [0, 0.1) is 0 Å². The molecule has 0 radical (unpaired) electrons. The van der Waals surface area contributed by atoms with Crippen LogP contribution in [0.25, 0.3) is 0 Å². The van der Waals surface area contributed by atoms with Gasteiger partial charge in [-0.05, 0) is 89.9 Å². The van der Waals surface area contributed by atoms with E-state index in [0.29, 0.717) is 129 Å². The Bertz CT molecular complexity index is 1880. The van der Waals surface area contributed by atoms with E-state index in [-0.39, 0.29) is 102 Å². The van der Waals surface area contributed by atoms with Crippen molar-refractivity contribution in [3.8, 4) is 0 Å². The van der Waals surface area contributed by atoms with E-state index < -0.39 is 54.3 Å². The summed E-state index contributed by atoms with van der Waals surface area (Å²) in [5.74, 6) is -4.34. The maximum Gasteiger partial charge on any atom is 0.324 e. The van der Waals surface area contributed by atoms with Crippen molar-refractivity contribution >= 4 is 59.7 Å². The lowest BCUT2D eigenvalue weighted by atomic mass is 10.1. The lowest BCUT2D eigenvalue weighted by Gasteiger charge is -2.18. The van der Waals surface area contributed by atoms with Crippen molar-refractivity contribution in [2.75, 3.05) is 46.1 Å². The molecule has 0 aliphatic carbocycles. The first kappa shape index (κ1) is 83.5. The molecule has 0 rings (SSSR count). The predicted octanol–water partition coefficient (Wildman–Crippen LogP) is 11.0. The summed E-state index contributed by atoms with van der Waals surface area (Å²) in [5, 5.41) is 0. The molecular formula is C65H116N4O20. The first-order chi connectivity index (χ1) is 43.1. The van der Waals surface area contributed by atoms with Gasteiger partial charge in [-0.1, -0.05) is 137 Å². The van der Waals surface area contributed by atoms with Gasteiger partial charge in [-0.25, -0.2) is 0 Å². The molecule has 0 bridgehead atoms. The molecule has 5 N–H and O–H groups in total. The molecule has 3 unspecified atom stereocenters. The van der Waals surface area contributed by atoms with Crippen LogP contribution in [-0.2, 0) is 95.6 Å². The highest BCUT2D eigenvalue weighted by atomic mass is 16.7. The Morgan fingerprint density at radius 2 is 0.483 bits per heavy atom. The van der Waals surface area contributed by atoms with Gasteiger partial charge in [-0.2, -0.15) is 16.4 Å². The van der Waals surface area contributed by atoms with Gasteiger partial charge >= 0.3 is 59.7 Å². The minimum absolute atomic E-state index is 0.0853. The zero-order valence-electron chi connectivity index (χ0n) is 54.9. The van der Waals surface area contributed by atoms with Gasteiger partial charge in [-0.15, -0.1) is 0 Å². The van der Waals surface area contributed by atoms with Crippen LogP contribution in [0.3, 0.4) is 0 Å². The fraction of sp³-hybridized carbons (Fsp3) is 0.846. The highest BCUT2D eigenvalue weighted by Gasteiger charge is 2.22. The van der Waals surface area contributed by atoms with Crippen molar-refractivity contribution in [1.29, 1.82) is 0 Å². The van der Waals surface area contributed by atoms with Crippen LogP contribution >= 0.6 is 0 Å². The molecule has 0 aromatic rings. The lowest BCUT2D eigenvalue weighted by molar-refractivity contribution is -0.167. The fourth-order valence-corrected chi connectivity index (χ4v) is 8.61. The van der Waals surface area contributed by atoms with Crippen LogP contribution in [0.5, 0.6) is 0 Å². The summed E-state index contributed by atoms with van der Waals surface area (Å²) in [6.07, 6.45) is 21.6. The topological polar surface area (TPSA) is 325 Å². The maximum absolute atomic E-state index is 12.9. The first-order valence-corrected chi connectivity index (χ1v) is 33.9. The Kier molecular flexibility index (Phi) is 57.6. The van der Waals surface area contributed by atoms with Crippen LogP contribution in [-0.4, -0.2) is 124 Å². The van der Waals surface area contributed by atoms with E-state index in [1.165, 1.54) is 0 Å². The number of nitrogens with one attached hydrogen (secondary N) is 3. The zero-order chi connectivity index (χ0) is 65.6. The van der Waals surface area contributed by atoms with Gasteiger partial charge in [0.2, 0.25) is 0 Å². The number of hydrogen-bond acceptors (Lipinski definition) is 24. The van der Waals surface area contributed by atoms with E-state index >= 15 is 0 Å². The third-order valence-electron chi connectivity index (χ3n) is 13.9. The Balaban J connectivity index is 5.00. The number of rotatable bonds is 63. The summed E-state index contributed by atoms with van der Waals surface area (Å²) in [6, 6.07) is 0. The molecule has 0 aromatic carbocycles. The average Bonchev–Trinajstić information content (AvgIpc) is 3.55. The summed E-state index contributed by atoms with van der Waals surface area (Å²) in [4.78, 5) is 139. The van der Waals surface area contributed by atoms with E-state index in [4.69, 9.17) is 53.4 Å². The molecule has 0 fully saturated rings. The van der Waals surface area contributed by atoms with Crippen molar-refractivity contribution in [3.63, 3.8) is 0 Å². The van der Waals surface area contributed by atoms with Gasteiger partial charge in [0, 0.05) is 83.8 Å². The van der Waals surface area contributed by atoms with Crippen molar-refractivity contribution < 1.29 is 95.6 Å². The number of ether oxygens (including phenoxy) is 7. The van der Waals surface area contributed by atoms with E-state index in [1.54, 1.807) is 0 Å². The number of esters is 7. The van der Waals surface area contributed by atoms with Crippen LogP contribution in [0.1, 0.15) is 291 Å². The van der Waals surface area contributed by atoms with E-state index in [1.807, 2.05) is 20.8 Å². The van der Waals surface area contributed by atoms with Crippen molar-refractivity contribution in [3.05, 3.63) is 0 Å². The molecule has 0 spiro atoms. The number of unbranched alkanes of at least 4 members (excludes halogenated alkanes) is 21. The molecule has 0 saturated carbocycles. The highest BCUT2D eigenvalue weighted by molar-refractivity contribution is 5.73. The van der Waals surface area contributed by atoms with Gasteiger partial charge in [0.1, 0.15) is 26.4 Å². The normalized spacial score (nSPS) is 12.0. The molecule has 0 amide bonds. The second-order valence-electron chi connectivity index (χ2n) is 22.6. The van der Waals surface area contributed by atoms with Crippen molar-refractivity contribution in [2.24, 2.45) is 5.73 Å². The third kappa shape index (κ3) is 58.7. The van der Waals surface area contributed by atoms with Crippen molar-refractivity contribution in [2.45, 2.75) is 309 Å². The summed E-state index contributed by atoms with van der Waals surface area (Å²) in [7, 11) is 0. The van der Waals surface area contributed by atoms with Crippen LogP contribution in [0.2, 0.25) is 0 Å². The smallest absolute Gasteiger partial charge is 0.324 e. The summed E-state index contributed by atoms with van der Waals surface area (Å²) < 4.78 is 38.2. The summed E-state index contributed by atoms with van der Waals surface area (Å²) in [5.41, 5.74) is 13.8. The maximum atomic E-state index is 12.9. The number of carbonyl (C=O) groups excluding carboxylic acids is 10. The number of hydrogen-bond donors (Lipinski definition) is 4. The monoisotopic (exact) mass is 1270 g/mol. The molecular weight excluding hydrogens is 1160 g/mol. The molecule has 0 heterocycles. The fourth-order valence-electron chi connectivity index (χ4n) is 8.61. The largest absolute Gasteiger partial charge is 0.462 e. The predicted molar refractivity (Wildman–Crippen MR) is 332 cm³/mol. The van der Waals surface area contributed by atoms with Crippen LogP contribution in [0.15, 0.2) is 0 Å². The lowest BCUT2D eigenvalue weighted by Crippen LogP contribution is -2.30. The molecule has 0 saturated heterocycles. The number of nitrogens with two attached hydrogens (primary N) is 1. The molecule has 0 aromatic heterocycles. The average molecular weight is 1270 g/mol. The number of carbonyl (C=O) groups is 10. The Morgan fingerprint density at radius 1 is 0.270 bits per heavy atom. The van der Waals surface area contributed by atoms with Gasteiger partial charge < -0.3 is 47.7 Å². The molecule has 24 heteroatoms. The van der Waals surface area contributed by atoms with Gasteiger partial charge in [0.25, 0.3) is 0 Å². The molecule has 0 aliphatic heterocycles. The number of hydroxylamine groups is 3. The van der Waals surface area contributed by atoms with E-state index in [9.17, 15) is 47.9 Å². The van der Waals surface area contributed by atoms with E-state index in [2.05, 4.69) is 23.4 Å². The Hall–Kier alpha value is -5.46. The highest BCUT2D eigenvalue weighted by Crippen LogP contribution is 2.15. The summed E-state index contributed by atoms with van der Waals surface area (Å²) >= 11 is 0. The first-order valence-electron chi connectivity index (χ1n) is 33.9. The SMILES string of the molecule is CCCCNOC(=O)CCCCCCCC(=O)OCC(COC(=O)CCCCCCCC(=O)OCC(COC(=O)CCCCCC(=O)ONCCCC)OC(=O)CCCCCCCC(=O)ONCCCC)OC(=O)CCCCCCCC(=O)OC(N)CCC.